The van der Waals surface area contributed by atoms with Crippen molar-refractivity contribution in [3.05, 3.63) is 35.4 Å². The van der Waals surface area contributed by atoms with Gasteiger partial charge in [0, 0.05) is 38.8 Å². The zero-order chi connectivity index (χ0) is 15.3. The predicted molar refractivity (Wildman–Crippen MR) is 82.2 cm³/mol. The average Bonchev–Trinajstić information content (AvgIpc) is 2.48. The molecule has 126 valence electrons. The van der Waals surface area contributed by atoms with E-state index in [-0.39, 0.29) is 25.1 Å². The van der Waals surface area contributed by atoms with Crippen LogP contribution in [0.15, 0.2) is 24.3 Å². The van der Waals surface area contributed by atoms with Crippen molar-refractivity contribution < 1.29 is 18.3 Å². The van der Waals surface area contributed by atoms with Gasteiger partial charge in [-0.1, -0.05) is 18.2 Å². The highest BCUT2D eigenvalue weighted by molar-refractivity contribution is 5.85. The van der Waals surface area contributed by atoms with Gasteiger partial charge in [-0.25, -0.2) is 0 Å². The number of hydrogen-bond acceptors (Lipinski definition) is 3. The lowest BCUT2D eigenvalue weighted by atomic mass is 9.94. The fourth-order valence-electron chi connectivity index (χ4n) is 2.86. The summed E-state index contributed by atoms with van der Waals surface area (Å²) >= 11 is 0. The minimum atomic E-state index is -4.35. The highest BCUT2D eigenvalue weighted by Crippen LogP contribution is 2.37. The molecule has 0 radical (unpaired) electrons. The van der Waals surface area contributed by atoms with E-state index < -0.39 is 11.7 Å². The molecule has 2 N–H and O–H groups in total. The second-order valence-corrected chi connectivity index (χ2v) is 5.25. The molecule has 2 rings (SSSR count). The number of halogens is 4. The molecule has 1 aromatic rings. The Hall–Kier alpha value is -0.820. The first kappa shape index (κ1) is 19.2. The van der Waals surface area contributed by atoms with Crippen LogP contribution in [-0.4, -0.2) is 42.8 Å². The minimum Gasteiger partial charge on any atom is -0.396 e. The van der Waals surface area contributed by atoms with E-state index in [0.29, 0.717) is 18.4 Å². The molecule has 1 fully saturated rings. The molecule has 0 bridgehead atoms. The number of piperazine rings is 1. The first-order valence-electron chi connectivity index (χ1n) is 7.26. The lowest BCUT2D eigenvalue weighted by molar-refractivity contribution is -0.138. The van der Waals surface area contributed by atoms with Crippen LogP contribution >= 0.6 is 12.4 Å². The third-order valence-electron chi connectivity index (χ3n) is 3.85. The number of nitrogens with one attached hydrogen (secondary N) is 1. The maximum Gasteiger partial charge on any atom is 0.416 e. The van der Waals surface area contributed by atoms with Gasteiger partial charge in [0.2, 0.25) is 0 Å². The maximum atomic E-state index is 13.2. The molecule has 0 amide bonds. The summed E-state index contributed by atoms with van der Waals surface area (Å²) < 4.78 is 39.7. The number of benzene rings is 1. The van der Waals surface area contributed by atoms with Crippen molar-refractivity contribution in [2.45, 2.75) is 25.1 Å². The normalized spacial score (nSPS) is 17.8. The van der Waals surface area contributed by atoms with E-state index in [1.165, 1.54) is 6.07 Å². The Labute approximate surface area is 134 Å². The molecule has 3 nitrogen and oxygen atoms in total. The van der Waals surface area contributed by atoms with Crippen LogP contribution in [0.25, 0.3) is 0 Å². The van der Waals surface area contributed by atoms with Gasteiger partial charge in [0.1, 0.15) is 0 Å². The molecule has 22 heavy (non-hydrogen) atoms. The predicted octanol–water partition coefficient (Wildman–Crippen LogP) is 2.85. The van der Waals surface area contributed by atoms with Crippen molar-refractivity contribution in [2.24, 2.45) is 0 Å². The first-order chi connectivity index (χ1) is 10.0. The van der Waals surface area contributed by atoms with Crippen LogP contribution in [0, 0.1) is 0 Å². The van der Waals surface area contributed by atoms with Gasteiger partial charge in [0.25, 0.3) is 0 Å². The summed E-state index contributed by atoms with van der Waals surface area (Å²) in [5.41, 5.74) is -0.244. The Balaban J connectivity index is 0.00000242. The summed E-state index contributed by atoms with van der Waals surface area (Å²) in [5, 5.41) is 12.2. The van der Waals surface area contributed by atoms with Crippen LogP contribution < -0.4 is 5.32 Å². The second kappa shape index (κ2) is 8.72. The van der Waals surface area contributed by atoms with Crippen molar-refractivity contribution in [3.8, 4) is 0 Å². The Morgan fingerprint density at radius 2 is 1.82 bits per heavy atom. The molecule has 1 aliphatic heterocycles. The first-order valence-corrected chi connectivity index (χ1v) is 7.26. The number of aliphatic hydroxyl groups is 1. The Morgan fingerprint density at radius 3 is 2.41 bits per heavy atom. The van der Waals surface area contributed by atoms with Gasteiger partial charge in [-0.3, -0.25) is 4.90 Å². The summed E-state index contributed by atoms with van der Waals surface area (Å²) in [6, 6.07) is 5.49. The van der Waals surface area contributed by atoms with Gasteiger partial charge in [0.05, 0.1) is 5.56 Å². The molecular formula is C15H22ClF3N2O. The van der Waals surface area contributed by atoms with Gasteiger partial charge >= 0.3 is 6.18 Å². The molecule has 0 aromatic heterocycles. The largest absolute Gasteiger partial charge is 0.416 e. The standard InChI is InChI=1S/C15H21F3N2O.ClH/c16-15(17,18)13-5-2-1-4-12(13)14(6-3-11-21)20-9-7-19-8-10-20;/h1-2,4-5,14,19,21H,3,6-11H2;1H/t14-;/m1./s1. The molecule has 1 heterocycles. The van der Waals surface area contributed by atoms with E-state index in [9.17, 15) is 13.2 Å². The zero-order valence-electron chi connectivity index (χ0n) is 12.3. The quantitative estimate of drug-likeness (QED) is 0.866. The Morgan fingerprint density at radius 1 is 1.18 bits per heavy atom. The maximum absolute atomic E-state index is 13.2. The number of rotatable bonds is 5. The molecule has 1 saturated heterocycles. The van der Waals surface area contributed by atoms with E-state index in [1.54, 1.807) is 12.1 Å². The average molecular weight is 339 g/mol. The second-order valence-electron chi connectivity index (χ2n) is 5.25. The van der Waals surface area contributed by atoms with Crippen LogP contribution in [0.1, 0.15) is 30.0 Å². The van der Waals surface area contributed by atoms with E-state index in [0.717, 1.165) is 32.2 Å². The van der Waals surface area contributed by atoms with Gasteiger partial charge in [-0.2, -0.15) is 13.2 Å². The van der Waals surface area contributed by atoms with E-state index in [2.05, 4.69) is 10.2 Å². The number of nitrogens with zero attached hydrogens (tertiary/aromatic N) is 1. The van der Waals surface area contributed by atoms with Crippen molar-refractivity contribution in [1.29, 1.82) is 0 Å². The molecule has 0 saturated carbocycles. The molecule has 7 heteroatoms. The summed E-state index contributed by atoms with van der Waals surface area (Å²) in [6.45, 7) is 3.01. The van der Waals surface area contributed by atoms with Crippen LogP contribution in [0.4, 0.5) is 13.2 Å². The molecule has 1 aliphatic rings. The molecule has 0 unspecified atom stereocenters. The lowest BCUT2D eigenvalue weighted by Gasteiger charge is -2.36. The van der Waals surface area contributed by atoms with Crippen LogP contribution in [0.5, 0.6) is 0 Å². The highest BCUT2D eigenvalue weighted by Gasteiger charge is 2.36. The zero-order valence-corrected chi connectivity index (χ0v) is 13.1. The van der Waals surface area contributed by atoms with Crippen molar-refractivity contribution in [2.75, 3.05) is 32.8 Å². The lowest BCUT2D eigenvalue weighted by Crippen LogP contribution is -2.45. The summed E-state index contributed by atoms with van der Waals surface area (Å²) in [4.78, 5) is 2.08. The van der Waals surface area contributed by atoms with Gasteiger partial charge in [-0.15, -0.1) is 12.4 Å². The van der Waals surface area contributed by atoms with E-state index >= 15 is 0 Å². The Kier molecular flexibility index (Phi) is 7.62. The van der Waals surface area contributed by atoms with E-state index in [1.807, 2.05) is 0 Å². The SMILES string of the molecule is Cl.OCCC[C@H](c1ccccc1C(F)(F)F)N1CCNCC1. The number of aliphatic hydroxyl groups excluding tert-OH is 1. The highest BCUT2D eigenvalue weighted by atomic mass is 35.5. The van der Waals surface area contributed by atoms with Gasteiger partial charge in [-0.05, 0) is 24.5 Å². The number of hydrogen-bond donors (Lipinski definition) is 2. The van der Waals surface area contributed by atoms with Crippen molar-refractivity contribution >= 4 is 12.4 Å². The monoisotopic (exact) mass is 338 g/mol. The summed E-state index contributed by atoms with van der Waals surface area (Å²) in [7, 11) is 0. The fraction of sp³-hybridized carbons (Fsp3) is 0.600. The van der Waals surface area contributed by atoms with Gasteiger partial charge in [0.15, 0.2) is 0 Å². The van der Waals surface area contributed by atoms with Crippen molar-refractivity contribution in [1.82, 2.24) is 10.2 Å². The minimum absolute atomic E-state index is 0. The number of alkyl halides is 3. The van der Waals surface area contributed by atoms with Crippen molar-refractivity contribution in [3.63, 3.8) is 0 Å². The van der Waals surface area contributed by atoms with Gasteiger partial charge < -0.3 is 10.4 Å². The Bertz CT molecular complexity index is 451. The summed E-state index contributed by atoms with van der Waals surface area (Å²) in [6.07, 6.45) is -3.31. The van der Waals surface area contributed by atoms with E-state index in [4.69, 9.17) is 5.11 Å². The molecule has 0 spiro atoms. The smallest absolute Gasteiger partial charge is 0.396 e. The molecular weight excluding hydrogens is 317 g/mol. The van der Waals surface area contributed by atoms with Crippen LogP contribution in [0.3, 0.4) is 0 Å². The summed E-state index contributed by atoms with van der Waals surface area (Å²) in [5.74, 6) is 0. The third-order valence-corrected chi connectivity index (χ3v) is 3.85. The third kappa shape index (κ3) is 4.84. The fourth-order valence-corrected chi connectivity index (χ4v) is 2.86. The van der Waals surface area contributed by atoms with Crippen LogP contribution in [0.2, 0.25) is 0 Å². The molecule has 1 aromatic carbocycles. The topological polar surface area (TPSA) is 35.5 Å². The molecule has 0 aliphatic carbocycles. The molecule has 1 atom stereocenters. The van der Waals surface area contributed by atoms with Crippen LogP contribution in [-0.2, 0) is 6.18 Å².